The normalized spacial score (nSPS) is 10.7. The second kappa shape index (κ2) is 10.9. The molecule has 11 heteroatoms. The molecule has 0 saturated heterocycles. The lowest BCUT2D eigenvalue weighted by atomic mass is 10.1. The summed E-state index contributed by atoms with van der Waals surface area (Å²) in [4.78, 5) is 26.6. The summed E-state index contributed by atoms with van der Waals surface area (Å²) in [5, 5.41) is 39.5. The van der Waals surface area contributed by atoms with Gasteiger partial charge in [-0.3, -0.25) is 25.2 Å². The smallest absolute Gasteiger partial charge is 0.299 e. The molecule has 0 aliphatic heterocycles. The molecular weight excluding hydrogens is 478 g/mol. The monoisotopic (exact) mass is 499 g/mol. The topological polar surface area (TPSA) is 152 Å². The molecule has 0 amide bonds. The van der Waals surface area contributed by atoms with Crippen molar-refractivity contribution in [2.75, 3.05) is 17.7 Å². The first-order valence-electron chi connectivity index (χ1n) is 10.9. The van der Waals surface area contributed by atoms with Crippen LogP contribution in [0.25, 0.3) is 0 Å². The van der Waals surface area contributed by atoms with Crippen LogP contribution in [0, 0.1) is 20.2 Å². The van der Waals surface area contributed by atoms with Gasteiger partial charge < -0.3 is 20.5 Å². The summed E-state index contributed by atoms with van der Waals surface area (Å²) < 4.78 is 5.13. The van der Waals surface area contributed by atoms with Crippen molar-refractivity contribution in [3.05, 3.63) is 111 Å². The second-order valence-electron chi connectivity index (χ2n) is 7.71. The summed E-state index contributed by atoms with van der Waals surface area (Å²) in [5.74, 6) is 0.657. The van der Waals surface area contributed by atoms with Crippen LogP contribution in [-0.2, 0) is 0 Å². The van der Waals surface area contributed by atoms with Gasteiger partial charge in [-0.2, -0.15) is 0 Å². The molecule has 0 atom stereocenters. The molecule has 0 spiro atoms. The van der Waals surface area contributed by atoms with Gasteiger partial charge in [-0.15, -0.1) is 0 Å². The fourth-order valence-corrected chi connectivity index (χ4v) is 3.48. The van der Waals surface area contributed by atoms with Gasteiger partial charge in [-0.25, -0.2) is 0 Å². The Morgan fingerprint density at radius 1 is 0.811 bits per heavy atom. The third kappa shape index (κ3) is 5.80. The van der Waals surface area contributed by atoms with Gasteiger partial charge in [0, 0.05) is 17.5 Å². The quantitative estimate of drug-likeness (QED) is 0.135. The standard InChI is InChI=1S/C26H21N5O6/c1-37-19-12-10-18(11-13-19)28-22-14-23(25(31(35)36)15-24(22)30(33)34)29-21-8-4-3-7-20(21)27-16-17-6-2-5-9-26(17)32/h2-16,28-29,32H,1H3. The van der Waals surface area contributed by atoms with Crippen LogP contribution >= 0.6 is 0 Å². The molecule has 0 aromatic heterocycles. The molecule has 4 rings (SSSR count). The largest absolute Gasteiger partial charge is 0.507 e. The summed E-state index contributed by atoms with van der Waals surface area (Å²) in [6.45, 7) is 0. The number of nitro benzene ring substituents is 2. The highest BCUT2D eigenvalue weighted by Gasteiger charge is 2.25. The van der Waals surface area contributed by atoms with Gasteiger partial charge in [0.05, 0.1) is 34.4 Å². The van der Waals surface area contributed by atoms with E-state index in [9.17, 15) is 25.3 Å². The molecule has 11 nitrogen and oxygen atoms in total. The predicted molar refractivity (Wildman–Crippen MR) is 141 cm³/mol. The van der Waals surface area contributed by atoms with Crippen molar-refractivity contribution in [1.82, 2.24) is 0 Å². The summed E-state index contributed by atoms with van der Waals surface area (Å²) in [6, 6.07) is 22.4. The Hall–Kier alpha value is -5.45. The number of methoxy groups -OCH3 is 1. The molecular formula is C26H21N5O6. The highest BCUT2D eigenvalue weighted by molar-refractivity contribution is 5.89. The minimum atomic E-state index is -0.694. The molecule has 0 aliphatic carbocycles. The van der Waals surface area contributed by atoms with Crippen LogP contribution in [0.3, 0.4) is 0 Å². The first kappa shape index (κ1) is 24.7. The summed E-state index contributed by atoms with van der Waals surface area (Å²) in [6.07, 6.45) is 1.47. The van der Waals surface area contributed by atoms with Crippen LogP contribution in [-0.4, -0.2) is 28.3 Å². The number of phenols is 1. The van der Waals surface area contributed by atoms with Crippen molar-refractivity contribution < 1.29 is 19.7 Å². The number of hydrogen-bond acceptors (Lipinski definition) is 9. The van der Waals surface area contributed by atoms with Crippen molar-refractivity contribution in [1.29, 1.82) is 0 Å². The Morgan fingerprint density at radius 2 is 1.43 bits per heavy atom. The molecule has 0 aliphatic rings. The Balaban J connectivity index is 1.73. The molecule has 4 aromatic carbocycles. The molecule has 186 valence electrons. The van der Waals surface area contributed by atoms with E-state index >= 15 is 0 Å². The third-order valence-electron chi connectivity index (χ3n) is 5.33. The summed E-state index contributed by atoms with van der Waals surface area (Å²) in [5.41, 5.74) is 1.01. The highest BCUT2D eigenvalue weighted by atomic mass is 16.6. The number of aliphatic imine (C=N–C) groups is 1. The number of anilines is 4. The van der Waals surface area contributed by atoms with Gasteiger partial charge in [0.2, 0.25) is 0 Å². The maximum atomic E-state index is 11.8. The molecule has 37 heavy (non-hydrogen) atoms. The molecule has 0 saturated carbocycles. The lowest BCUT2D eigenvalue weighted by Crippen LogP contribution is -2.03. The van der Waals surface area contributed by atoms with E-state index in [1.165, 1.54) is 25.5 Å². The van der Waals surface area contributed by atoms with Crippen molar-refractivity contribution in [2.24, 2.45) is 4.99 Å². The zero-order valence-electron chi connectivity index (χ0n) is 19.5. The SMILES string of the molecule is COc1ccc(Nc2cc(Nc3ccccc3N=Cc3ccccc3O)c([N+](=O)[O-])cc2[N+](=O)[O-])cc1. The first-order chi connectivity index (χ1) is 17.9. The molecule has 4 aromatic rings. The number of nitro groups is 2. The maximum absolute atomic E-state index is 11.8. The fourth-order valence-electron chi connectivity index (χ4n) is 3.48. The van der Waals surface area contributed by atoms with Gasteiger partial charge in [0.25, 0.3) is 11.4 Å². The van der Waals surface area contributed by atoms with E-state index in [-0.39, 0.29) is 17.1 Å². The van der Waals surface area contributed by atoms with E-state index < -0.39 is 21.2 Å². The van der Waals surface area contributed by atoms with Crippen LogP contribution in [0.5, 0.6) is 11.5 Å². The average Bonchev–Trinajstić information content (AvgIpc) is 2.89. The number of ether oxygens (including phenoxy) is 1. The fraction of sp³-hybridized carbons (Fsp3) is 0.0385. The minimum absolute atomic E-state index is 0.0248. The number of benzene rings is 4. The van der Waals surface area contributed by atoms with Crippen LogP contribution in [0.1, 0.15) is 5.56 Å². The number of rotatable bonds is 9. The predicted octanol–water partition coefficient (Wildman–Crippen LogP) is 6.46. The first-order valence-corrected chi connectivity index (χ1v) is 10.9. The van der Waals surface area contributed by atoms with Gasteiger partial charge in [0.1, 0.15) is 22.9 Å². The lowest BCUT2D eigenvalue weighted by molar-refractivity contribution is -0.393. The van der Waals surface area contributed by atoms with Crippen molar-refractivity contribution in [3.63, 3.8) is 0 Å². The number of para-hydroxylation sites is 3. The van der Waals surface area contributed by atoms with E-state index in [0.717, 1.165) is 6.07 Å². The van der Waals surface area contributed by atoms with E-state index in [1.54, 1.807) is 66.7 Å². The van der Waals surface area contributed by atoms with Gasteiger partial charge in [-0.1, -0.05) is 24.3 Å². The number of aromatic hydroxyl groups is 1. The van der Waals surface area contributed by atoms with E-state index in [4.69, 9.17) is 4.74 Å². The van der Waals surface area contributed by atoms with E-state index in [1.807, 2.05) is 0 Å². The Morgan fingerprint density at radius 3 is 2.08 bits per heavy atom. The number of nitrogens with zero attached hydrogens (tertiary/aromatic N) is 3. The van der Waals surface area contributed by atoms with Crippen molar-refractivity contribution >= 4 is 46.0 Å². The molecule has 0 fully saturated rings. The average molecular weight is 499 g/mol. The molecule has 0 bridgehead atoms. The zero-order valence-corrected chi connectivity index (χ0v) is 19.5. The highest BCUT2D eigenvalue weighted by Crippen LogP contribution is 2.40. The maximum Gasteiger partial charge on any atom is 0.299 e. The van der Waals surface area contributed by atoms with E-state index in [0.29, 0.717) is 28.4 Å². The number of hydrogen-bond donors (Lipinski definition) is 3. The molecule has 0 unspecified atom stereocenters. The number of nitrogens with one attached hydrogen (secondary N) is 2. The second-order valence-corrected chi connectivity index (χ2v) is 7.71. The van der Waals surface area contributed by atoms with Gasteiger partial charge in [0.15, 0.2) is 0 Å². The lowest BCUT2D eigenvalue weighted by Gasteiger charge is -2.13. The molecule has 0 radical (unpaired) electrons. The molecule has 3 N–H and O–H groups in total. The summed E-state index contributed by atoms with van der Waals surface area (Å²) in [7, 11) is 1.52. The Bertz CT molecular complexity index is 1490. The van der Waals surface area contributed by atoms with Crippen LogP contribution in [0.2, 0.25) is 0 Å². The van der Waals surface area contributed by atoms with Gasteiger partial charge in [-0.05, 0) is 54.6 Å². The van der Waals surface area contributed by atoms with Crippen LogP contribution in [0.4, 0.5) is 39.8 Å². The Labute approximate surface area is 211 Å². The van der Waals surface area contributed by atoms with E-state index in [2.05, 4.69) is 15.6 Å². The van der Waals surface area contributed by atoms with Crippen molar-refractivity contribution in [3.8, 4) is 11.5 Å². The minimum Gasteiger partial charge on any atom is -0.507 e. The summed E-state index contributed by atoms with van der Waals surface area (Å²) >= 11 is 0. The zero-order chi connectivity index (χ0) is 26.4. The third-order valence-corrected chi connectivity index (χ3v) is 5.33. The Kier molecular flexibility index (Phi) is 7.24. The van der Waals surface area contributed by atoms with Crippen LogP contribution in [0.15, 0.2) is 89.9 Å². The van der Waals surface area contributed by atoms with Crippen molar-refractivity contribution in [2.45, 2.75) is 0 Å². The molecule has 0 heterocycles. The van der Waals surface area contributed by atoms with Gasteiger partial charge >= 0.3 is 0 Å². The number of phenolic OH excluding ortho intramolecular Hbond substituents is 1. The van der Waals surface area contributed by atoms with Crippen LogP contribution < -0.4 is 15.4 Å².